The van der Waals surface area contributed by atoms with E-state index in [1.54, 1.807) is 49.6 Å². The Labute approximate surface area is 213 Å². The van der Waals surface area contributed by atoms with Crippen LogP contribution in [0.3, 0.4) is 0 Å². The van der Waals surface area contributed by atoms with Gasteiger partial charge in [-0.2, -0.15) is 0 Å². The molecule has 3 aromatic rings. The molecule has 0 saturated heterocycles. The van der Waals surface area contributed by atoms with Crippen LogP contribution in [0.1, 0.15) is 36.5 Å². The van der Waals surface area contributed by atoms with E-state index >= 15 is 0 Å². The maximum atomic E-state index is 13.1. The van der Waals surface area contributed by atoms with Gasteiger partial charge in [-0.05, 0) is 44.0 Å². The summed E-state index contributed by atoms with van der Waals surface area (Å²) < 4.78 is 0. The summed E-state index contributed by atoms with van der Waals surface area (Å²) in [4.78, 5) is 49.1. The Morgan fingerprint density at radius 1 is 1.00 bits per heavy atom. The molecular weight excluding hydrogens is 476 g/mol. The number of nitrogens with one attached hydrogen (secondary N) is 5. The zero-order valence-corrected chi connectivity index (χ0v) is 20.2. The molecule has 0 bridgehead atoms. The number of carboxylic acid groups (broad SMARTS) is 1. The van der Waals surface area contributed by atoms with Gasteiger partial charge in [-0.3, -0.25) is 19.9 Å². The molecule has 192 valence electrons. The highest BCUT2D eigenvalue weighted by molar-refractivity contribution is 6.08. The summed E-state index contributed by atoms with van der Waals surface area (Å²) in [6.45, 7) is 2.55. The summed E-state index contributed by atoms with van der Waals surface area (Å²) in [5, 5.41) is 23.7. The number of carbonyl (C=O) groups is 3. The van der Waals surface area contributed by atoms with E-state index in [0.29, 0.717) is 48.8 Å². The highest BCUT2D eigenvalue weighted by atomic mass is 16.4. The Bertz CT molecular complexity index is 1260. The minimum absolute atomic E-state index is 0.237. The highest BCUT2D eigenvalue weighted by Crippen LogP contribution is 2.41. The lowest BCUT2D eigenvalue weighted by atomic mass is 9.69. The number of aliphatic carboxylic acids is 1. The van der Waals surface area contributed by atoms with Crippen LogP contribution in [0.25, 0.3) is 0 Å². The number of rotatable bonds is 10. The van der Waals surface area contributed by atoms with Crippen molar-refractivity contribution in [1.29, 1.82) is 0 Å². The fourth-order valence-corrected chi connectivity index (χ4v) is 3.82. The number of nitrogens with zero attached hydrogens (tertiary/aromatic N) is 3. The van der Waals surface area contributed by atoms with Crippen molar-refractivity contribution in [2.45, 2.75) is 26.2 Å². The lowest BCUT2D eigenvalue weighted by molar-refractivity contribution is -0.153. The van der Waals surface area contributed by atoms with Gasteiger partial charge in [-0.1, -0.05) is 6.42 Å². The minimum atomic E-state index is -0.799. The molecule has 3 heterocycles. The summed E-state index contributed by atoms with van der Waals surface area (Å²) in [7, 11) is 0. The largest absolute Gasteiger partial charge is 0.481 e. The molecule has 12 nitrogen and oxygen atoms in total. The quantitative estimate of drug-likeness (QED) is 0.241. The molecule has 37 heavy (non-hydrogen) atoms. The van der Waals surface area contributed by atoms with Crippen LogP contribution in [0.5, 0.6) is 0 Å². The van der Waals surface area contributed by atoms with Gasteiger partial charge in [0.2, 0.25) is 0 Å². The molecular formula is C25H28N8O4. The molecule has 1 aliphatic rings. The number of pyridine rings is 3. The third kappa shape index (κ3) is 6.28. The van der Waals surface area contributed by atoms with Gasteiger partial charge in [0.1, 0.15) is 11.6 Å². The zero-order valence-electron chi connectivity index (χ0n) is 20.2. The van der Waals surface area contributed by atoms with E-state index in [4.69, 9.17) is 0 Å². The first-order valence-corrected chi connectivity index (χ1v) is 11.9. The third-order valence-corrected chi connectivity index (χ3v) is 6.06. The number of aromatic nitrogens is 3. The van der Waals surface area contributed by atoms with Crippen molar-refractivity contribution in [3.8, 4) is 0 Å². The van der Waals surface area contributed by atoms with Crippen molar-refractivity contribution in [1.82, 2.24) is 20.3 Å². The Hall–Kier alpha value is -4.74. The summed E-state index contributed by atoms with van der Waals surface area (Å²) in [6, 6.07) is 8.04. The number of hydrogen-bond acceptors (Lipinski definition) is 8. The standard InChI is InChI=1S/C25H28N8O4/c1-2-27-24(37)33-21-11-19(31-16-5-3-10-26-12-16)18(14-29-21)22(34)32-17-6-7-20(28-13-17)30-15-25(23(35)36)8-4-9-25/h3,5-7,10-14H,2,4,8-9,15H2,1H3,(H,28,30)(H,32,34)(H,35,36)(H3,27,29,31,33,37). The van der Waals surface area contributed by atoms with Gasteiger partial charge in [0.15, 0.2) is 0 Å². The third-order valence-electron chi connectivity index (χ3n) is 6.06. The molecule has 0 spiro atoms. The first kappa shape index (κ1) is 25.4. The maximum absolute atomic E-state index is 13.1. The van der Waals surface area contributed by atoms with Gasteiger partial charge >= 0.3 is 12.0 Å². The second-order valence-corrected chi connectivity index (χ2v) is 8.65. The monoisotopic (exact) mass is 504 g/mol. The summed E-state index contributed by atoms with van der Waals surface area (Å²) >= 11 is 0. The maximum Gasteiger partial charge on any atom is 0.320 e. The van der Waals surface area contributed by atoms with Crippen molar-refractivity contribution in [3.05, 3.63) is 60.7 Å². The molecule has 0 aromatic carbocycles. The Morgan fingerprint density at radius 2 is 1.81 bits per heavy atom. The van der Waals surface area contributed by atoms with E-state index in [0.717, 1.165) is 6.42 Å². The summed E-state index contributed by atoms with van der Waals surface area (Å²) in [5.41, 5.74) is 1.01. The highest BCUT2D eigenvalue weighted by Gasteiger charge is 2.44. The normalized spacial score (nSPS) is 13.5. The average Bonchev–Trinajstić information content (AvgIpc) is 2.85. The Balaban J connectivity index is 1.46. The molecule has 4 rings (SSSR count). The van der Waals surface area contributed by atoms with Crippen molar-refractivity contribution in [2.24, 2.45) is 5.41 Å². The molecule has 3 aromatic heterocycles. The lowest BCUT2D eigenvalue weighted by Gasteiger charge is -2.37. The van der Waals surface area contributed by atoms with Crippen LogP contribution in [-0.4, -0.2) is 51.1 Å². The number of anilines is 5. The topological polar surface area (TPSA) is 170 Å². The smallest absolute Gasteiger partial charge is 0.320 e. The molecule has 1 aliphatic carbocycles. The fourth-order valence-electron chi connectivity index (χ4n) is 3.82. The van der Waals surface area contributed by atoms with Crippen molar-refractivity contribution in [3.63, 3.8) is 0 Å². The van der Waals surface area contributed by atoms with Crippen molar-refractivity contribution in [2.75, 3.05) is 34.4 Å². The Morgan fingerprint density at radius 3 is 2.43 bits per heavy atom. The predicted molar refractivity (Wildman–Crippen MR) is 139 cm³/mol. The van der Waals surface area contributed by atoms with Crippen LogP contribution in [-0.2, 0) is 4.79 Å². The second-order valence-electron chi connectivity index (χ2n) is 8.65. The number of amides is 3. The van der Waals surface area contributed by atoms with E-state index in [1.807, 2.05) is 0 Å². The van der Waals surface area contributed by atoms with E-state index < -0.39 is 23.3 Å². The molecule has 0 atom stereocenters. The van der Waals surface area contributed by atoms with Gasteiger partial charge in [-0.25, -0.2) is 14.8 Å². The van der Waals surface area contributed by atoms with E-state index in [-0.39, 0.29) is 11.4 Å². The van der Waals surface area contributed by atoms with Gasteiger partial charge < -0.3 is 26.4 Å². The van der Waals surface area contributed by atoms with Crippen molar-refractivity contribution >= 4 is 46.6 Å². The first-order chi connectivity index (χ1) is 17.9. The van der Waals surface area contributed by atoms with Crippen LogP contribution in [0.4, 0.5) is 33.5 Å². The van der Waals surface area contributed by atoms with Gasteiger partial charge in [0.25, 0.3) is 5.91 Å². The SMILES string of the molecule is CCNC(=O)Nc1cc(Nc2cccnc2)c(C(=O)Nc2ccc(NCC3(C(=O)O)CCC3)nc2)cn1. The predicted octanol–water partition coefficient (Wildman–Crippen LogP) is 3.68. The molecule has 12 heteroatoms. The lowest BCUT2D eigenvalue weighted by Crippen LogP contribution is -2.43. The second kappa shape index (κ2) is 11.3. The van der Waals surface area contributed by atoms with Crippen LogP contribution in [0.2, 0.25) is 0 Å². The summed E-state index contributed by atoms with van der Waals surface area (Å²) in [5.74, 6) is -0.458. The van der Waals surface area contributed by atoms with Crippen LogP contribution in [0.15, 0.2) is 55.1 Å². The number of carboxylic acids is 1. The number of hydrogen-bond donors (Lipinski definition) is 6. The fraction of sp³-hybridized carbons (Fsp3) is 0.280. The molecule has 0 aliphatic heterocycles. The average molecular weight is 505 g/mol. The molecule has 0 radical (unpaired) electrons. The zero-order chi connectivity index (χ0) is 26.3. The molecule has 3 amide bonds. The van der Waals surface area contributed by atoms with Gasteiger partial charge in [-0.15, -0.1) is 0 Å². The van der Waals surface area contributed by atoms with Crippen LogP contribution >= 0.6 is 0 Å². The van der Waals surface area contributed by atoms with E-state index in [2.05, 4.69) is 41.5 Å². The van der Waals surface area contributed by atoms with E-state index in [1.165, 1.54) is 12.4 Å². The molecule has 1 saturated carbocycles. The van der Waals surface area contributed by atoms with Gasteiger partial charge in [0.05, 0.1) is 40.4 Å². The first-order valence-electron chi connectivity index (χ1n) is 11.9. The van der Waals surface area contributed by atoms with Gasteiger partial charge in [0, 0.05) is 31.5 Å². The molecule has 6 N–H and O–H groups in total. The summed E-state index contributed by atoms with van der Waals surface area (Å²) in [6.07, 6.45) is 8.28. The van der Waals surface area contributed by atoms with E-state index in [9.17, 15) is 19.5 Å². The molecule has 1 fully saturated rings. The minimum Gasteiger partial charge on any atom is -0.481 e. The number of urea groups is 1. The Kier molecular flexibility index (Phi) is 7.77. The van der Waals surface area contributed by atoms with Crippen LogP contribution in [0, 0.1) is 5.41 Å². The number of carbonyl (C=O) groups excluding carboxylic acids is 2. The van der Waals surface area contributed by atoms with Crippen LogP contribution < -0.4 is 26.6 Å². The van der Waals surface area contributed by atoms with Crippen molar-refractivity contribution < 1.29 is 19.5 Å². The molecule has 0 unspecified atom stereocenters.